The van der Waals surface area contributed by atoms with E-state index in [2.05, 4.69) is 13.8 Å². The smallest absolute Gasteiger partial charge is 0.0386 e. The van der Waals surface area contributed by atoms with E-state index in [0.29, 0.717) is 0 Å². The van der Waals surface area contributed by atoms with E-state index in [1.807, 2.05) is 0 Å². The summed E-state index contributed by atoms with van der Waals surface area (Å²) in [7, 11) is 0. The molecule has 0 heteroatoms. The van der Waals surface area contributed by atoms with Gasteiger partial charge in [-0.3, -0.25) is 0 Å². The van der Waals surface area contributed by atoms with Gasteiger partial charge in [0.2, 0.25) is 0 Å². The maximum Gasteiger partial charge on any atom is -0.0386 e. The minimum atomic E-state index is 1.09. The summed E-state index contributed by atoms with van der Waals surface area (Å²) in [5.41, 5.74) is 0. The van der Waals surface area contributed by atoms with E-state index in [1.54, 1.807) is 51.4 Å². The zero-order valence-corrected chi connectivity index (χ0v) is 15.6. The summed E-state index contributed by atoms with van der Waals surface area (Å²) in [5.74, 6) is 4.40. The standard InChI is InChI=1S/C22H42/c1-3-5-7-8-10-20-13-17-22(18-14-20)21-15-11-19(12-16-21)9-6-4-2/h19-22H,3-18H2,1-2H3/t19-,20-,21-,22-. The highest BCUT2D eigenvalue weighted by atomic mass is 14.4. The molecule has 0 aromatic carbocycles. The van der Waals surface area contributed by atoms with Gasteiger partial charge in [0, 0.05) is 0 Å². The molecule has 0 bridgehead atoms. The molecule has 0 aliphatic heterocycles. The molecule has 0 nitrogen and oxygen atoms in total. The molecule has 0 amide bonds. The lowest BCUT2D eigenvalue weighted by Crippen LogP contribution is -2.25. The van der Waals surface area contributed by atoms with Crippen molar-refractivity contribution in [3.05, 3.63) is 0 Å². The summed E-state index contributed by atoms with van der Waals surface area (Å²) in [6.07, 6.45) is 24.3. The number of rotatable bonds is 9. The highest BCUT2D eigenvalue weighted by Crippen LogP contribution is 2.43. The minimum Gasteiger partial charge on any atom is -0.0654 e. The van der Waals surface area contributed by atoms with Crippen LogP contribution in [-0.4, -0.2) is 0 Å². The molecule has 0 spiro atoms. The fraction of sp³-hybridized carbons (Fsp3) is 1.00. The lowest BCUT2D eigenvalue weighted by molar-refractivity contribution is 0.139. The summed E-state index contributed by atoms with van der Waals surface area (Å²) in [5, 5.41) is 0. The van der Waals surface area contributed by atoms with Crippen molar-refractivity contribution in [2.75, 3.05) is 0 Å². The molecule has 0 N–H and O–H groups in total. The van der Waals surface area contributed by atoms with Crippen molar-refractivity contribution in [3.63, 3.8) is 0 Å². The average Bonchev–Trinajstić information content (AvgIpc) is 2.58. The summed E-state index contributed by atoms with van der Waals surface area (Å²) >= 11 is 0. The maximum absolute atomic E-state index is 2.34. The Balaban J connectivity index is 1.57. The molecule has 22 heavy (non-hydrogen) atoms. The summed E-state index contributed by atoms with van der Waals surface area (Å²) in [4.78, 5) is 0. The van der Waals surface area contributed by atoms with Gasteiger partial charge < -0.3 is 0 Å². The van der Waals surface area contributed by atoms with Gasteiger partial charge in [0.05, 0.1) is 0 Å². The Hall–Kier alpha value is 0. The third-order valence-corrected chi connectivity index (χ3v) is 6.88. The van der Waals surface area contributed by atoms with Crippen molar-refractivity contribution in [2.45, 2.75) is 117 Å². The van der Waals surface area contributed by atoms with Gasteiger partial charge in [-0.1, -0.05) is 90.9 Å². The van der Waals surface area contributed by atoms with Gasteiger partial charge in [-0.05, 0) is 49.4 Å². The predicted molar refractivity (Wildman–Crippen MR) is 99.2 cm³/mol. The molecule has 0 unspecified atom stereocenters. The van der Waals surface area contributed by atoms with Crippen molar-refractivity contribution in [2.24, 2.45) is 23.7 Å². The van der Waals surface area contributed by atoms with E-state index >= 15 is 0 Å². The van der Waals surface area contributed by atoms with E-state index < -0.39 is 0 Å². The normalized spacial score (nSPS) is 33.0. The minimum absolute atomic E-state index is 1.09. The van der Waals surface area contributed by atoms with E-state index in [0.717, 1.165) is 23.7 Å². The van der Waals surface area contributed by atoms with Crippen LogP contribution >= 0.6 is 0 Å². The van der Waals surface area contributed by atoms with Crippen molar-refractivity contribution in [1.82, 2.24) is 0 Å². The van der Waals surface area contributed by atoms with E-state index in [4.69, 9.17) is 0 Å². The van der Waals surface area contributed by atoms with Crippen LogP contribution in [0.25, 0.3) is 0 Å². The zero-order valence-electron chi connectivity index (χ0n) is 15.6. The zero-order chi connectivity index (χ0) is 15.6. The van der Waals surface area contributed by atoms with Crippen molar-refractivity contribution < 1.29 is 0 Å². The van der Waals surface area contributed by atoms with Gasteiger partial charge >= 0.3 is 0 Å². The van der Waals surface area contributed by atoms with Gasteiger partial charge in [0.15, 0.2) is 0 Å². The number of hydrogen-bond donors (Lipinski definition) is 0. The van der Waals surface area contributed by atoms with Gasteiger partial charge in [0.1, 0.15) is 0 Å². The van der Waals surface area contributed by atoms with Gasteiger partial charge in [0.25, 0.3) is 0 Å². The fourth-order valence-electron chi connectivity index (χ4n) is 5.25. The first-order valence-electron chi connectivity index (χ1n) is 10.8. The molecule has 0 aromatic rings. The van der Waals surface area contributed by atoms with Crippen LogP contribution in [0, 0.1) is 23.7 Å². The van der Waals surface area contributed by atoms with Crippen LogP contribution in [0.5, 0.6) is 0 Å². The second kappa shape index (κ2) is 10.7. The van der Waals surface area contributed by atoms with Crippen LogP contribution in [-0.2, 0) is 0 Å². The first kappa shape index (κ1) is 18.3. The molecule has 0 heterocycles. The number of hydrogen-bond acceptors (Lipinski definition) is 0. The highest BCUT2D eigenvalue weighted by molar-refractivity contribution is 4.82. The Labute approximate surface area is 140 Å². The molecule has 2 aliphatic rings. The van der Waals surface area contributed by atoms with Crippen LogP contribution in [0.15, 0.2) is 0 Å². The Morgan fingerprint density at radius 2 is 0.955 bits per heavy atom. The predicted octanol–water partition coefficient (Wildman–Crippen LogP) is 7.76. The van der Waals surface area contributed by atoms with Crippen molar-refractivity contribution in [3.8, 4) is 0 Å². The van der Waals surface area contributed by atoms with Crippen LogP contribution in [0.3, 0.4) is 0 Å². The molecule has 0 radical (unpaired) electrons. The first-order chi connectivity index (χ1) is 10.8. The van der Waals surface area contributed by atoms with Crippen LogP contribution in [0.4, 0.5) is 0 Å². The summed E-state index contributed by atoms with van der Waals surface area (Å²) in [6, 6.07) is 0. The third kappa shape index (κ3) is 6.25. The SMILES string of the molecule is CCCCCC[C@H]1CC[C@H]([C@H]2CC[C@H](CCCC)CC2)CC1. The van der Waals surface area contributed by atoms with E-state index in [1.165, 1.54) is 51.4 Å². The van der Waals surface area contributed by atoms with Gasteiger partial charge in [-0.15, -0.1) is 0 Å². The van der Waals surface area contributed by atoms with Crippen LogP contribution < -0.4 is 0 Å². The second-order valence-corrected chi connectivity index (χ2v) is 8.55. The molecule has 0 atom stereocenters. The third-order valence-electron chi connectivity index (χ3n) is 6.88. The quantitative estimate of drug-likeness (QED) is 0.382. The fourth-order valence-corrected chi connectivity index (χ4v) is 5.25. The second-order valence-electron chi connectivity index (χ2n) is 8.55. The molecule has 2 rings (SSSR count). The van der Waals surface area contributed by atoms with Crippen LogP contribution in [0.1, 0.15) is 117 Å². The lowest BCUT2D eigenvalue weighted by Gasteiger charge is -2.38. The molecule has 2 saturated carbocycles. The van der Waals surface area contributed by atoms with E-state index in [-0.39, 0.29) is 0 Å². The average molecular weight is 307 g/mol. The largest absolute Gasteiger partial charge is 0.0654 e. The Morgan fingerprint density at radius 1 is 0.500 bits per heavy atom. The first-order valence-corrected chi connectivity index (χ1v) is 10.8. The molecular weight excluding hydrogens is 264 g/mol. The summed E-state index contributed by atoms with van der Waals surface area (Å²) in [6.45, 7) is 4.66. The van der Waals surface area contributed by atoms with Gasteiger partial charge in [-0.2, -0.15) is 0 Å². The maximum atomic E-state index is 2.34. The molecule has 0 saturated heterocycles. The summed E-state index contributed by atoms with van der Waals surface area (Å²) < 4.78 is 0. The Bertz CT molecular complexity index is 253. The molecule has 130 valence electrons. The lowest BCUT2D eigenvalue weighted by atomic mass is 9.68. The van der Waals surface area contributed by atoms with Gasteiger partial charge in [-0.25, -0.2) is 0 Å². The topological polar surface area (TPSA) is 0 Å². The monoisotopic (exact) mass is 306 g/mol. The number of unbranched alkanes of at least 4 members (excludes halogenated alkanes) is 4. The Morgan fingerprint density at radius 3 is 1.41 bits per heavy atom. The molecule has 2 fully saturated rings. The van der Waals surface area contributed by atoms with Crippen LogP contribution in [0.2, 0.25) is 0 Å². The molecule has 0 aromatic heterocycles. The molecular formula is C22H42. The van der Waals surface area contributed by atoms with Crippen molar-refractivity contribution >= 4 is 0 Å². The Kier molecular flexibility index (Phi) is 8.93. The van der Waals surface area contributed by atoms with E-state index in [9.17, 15) is 0 Å². The highest BCUT2D eigenvalue weighted by Gasteiger charge is 2.30. The van der Waals surface area contributed by atoms with Crippen molar-refractivity contribution in [1.29, 1.82) is 0 Å². The molecule has 2 aliphatic carbocycles.